The highest BCUT2D eigenvalue weighted by Gasteiger charge is 2.29. The van der Waals surface area contributed by atoms with Gasteiger partial charge in [0.1, 0.15) is 0 Å². The Morgan fingerprint density at radius 3 is 0.860 bits per heavy atom. The van der Waals surface area contributed by atoms with E-state index in [-0.39, 0.29) is 35.1 Å². The van der Waals surface area contributed by atoms with Crippen LogP contribution in [0.5, 0.6) is 0 Å². The van der Waals surface area contributed by atoms with Crippen molar-refractivity contribution in [2.24, 2.45) is 0 Å². The highest BCUT2D eigenvalue weighted by molar-refractivity contribution is 6.43. The molecule has 3 nitrogen and oxygen atoms in total. The zero-order valence-electron chi connectivity index (χ0n) is 30.6. The van der Waals surface area contributed by atoms with Crippen LogP contribution in [0.15, 0.2) is 127 Å². The molecule has 0 radical (unpaired) electrons. The fraction of sp³-hybridized carbons (Fsp3) is 0.188. The lowest BCUT2D eigenvalue weighted by molar-refractivity contribution is 0.0961. The van der Waals surface area contributed by atoms with Gasteiger partial charge in [-0.15, -0.1) is 0 Å². The number of rotatable bonds is 3. The van der Waals surface area contributed by atoms with Gasteiger partial charge in [0.2, 0.25) is 0 Å². The molecular formula is C48H36Cl6O3. The molecule has 0 heterocycles. The van der Waals surface area contributed by atoms with Gasteiger partial charge in [0.15, 0.2) is 17.3 Å². The quantitative estimate of drug-likeness (QED) is 0.178. The molecule has 288 valence electrons. The Morgan fingerprint density at radius 1 is 0.333 bits per heavy atom. The van der Waals surface area contributed by atoms with Crippen LogP contribution < -0.4 is 0 Å². The van der Waals surface area contributed by atoms with E-state index in [2.05, 4.69) is 0 Å². The Balaban J connectivity index is 0.000000131. The van der Waals surface area contributed by atoms with Gasteiger partial charge in [0.25, 0.3) is 0 Å². The van der Waals surface area contributed by atoms with Gasteiger partial charge in [-0.1, -0.05) is 161 Å². The van der Waals surface area contributed by atoms with E-state index in [9.17, 15) is 14.4 Å². The second-order valence-electron chi connectivity index (χ2n) is 14.3. The molecule has 0 spiro atoms. The van der Waals surface area contributed by atoms with E-state index in [0.29, 0.717) is 49.4 Å². The van der Waals surface area contributed by atoms with Gasteiger partial charge in [-0.3, -0.25) is 14.4 Å². The Labute approximate surface area is 362 Å². The lowest BCUT2D eigenvalue weighted by Gasteiger charge is -2.25. The number of ketones is 3. The third-order valence-corrected chi connectivity index (χ3v) is 13.1. The molecule has 0 amide bonds. The molecule has 0 bridgehead atoms. The van der Waals surface area contributed by atoms with E-state index >= 15 is 0 Å². The van der Waals surface area contributed by atoms with Crippen LogP contribution in [0.4, 0.5) is 0 Å². The van der Waals surface area contributed by atoms with Crippen molar-refractivity contribution in [1.29, 1.82) is 0 Å². The van der Waals surface area contributed by atoms with Crippen LogP contribution in [0.25, 0.3) is 0 Å². The highest BCUT2D eigenvalue weighted by Crippen LogP contribution is 2.41. The number of halogens is 6. The molecule has 6 aromatic carbocycles. The predicted octanol–water partition coefficient (Wildman–Crippen LogP) is 15.3. The minimum absolute atomic E-state index is 0.226. The van der Waals surface area contributed by atoms with Crippen LogP contribution in [0.3, 0.4) is 0 Å². The van der Waals surface area contributed by atoms with Crippen LogP contribution >= 0.6 is 69.6 Å². The third-order valence-electron chi connectivity index (χ3n) is 10.9. The van der Waals surface area contributed by atoms with Crippen LogP contribution in [0, 0.1) is 0 Å². The van der Waals surface area contributed by atoms with E-state index in [1.54, 1.807) is 0 Å². The molecule has 0 aliphatic heterocycles. The first kappa shape index (κ1) is 41.2. The van der Waals surface area contributed by atoms with Crippen LogP contribution in [-0.4, -0.2) is 17.3 Å². The van der Waals surface area contributed by atoms with Crippen LogP contribution in [0.2, 0.25) is 30.1 Å². The van der Waals surface area contributed by atoms with Crippen molar-refractivity contribution in [3.05, 3.63) is 208 Å². The average Bonchev–Trinajstić information content (AvgIpc) is 3.22. The maximum Gasteiger partial charge on any atom is 0.163 e. The molecule has 0 fully saturated rings. The van der Waals surface area contributed by atoms with Crippen LogP contribution in [0.1, 0.15) is 121 Å². The molecule has 3 aliphatic carbocycles. The largest absolute Gasteiger partial charge is 0.294 e. The summed E-state index contributed by atoms with van der Waals surface area (Å²) in [6, 6.07) is 40.6. The number of carbonyl (C=O) groups excluding carboxylic acids is 3. The summed E-state index contributed by atoms with van der Waals surface area (Å²) in [5.74, 6) is 1.36. The summed E-state index contributed by atoms with van der Waals surface area (Å²) in [6.45, 7) is 0. The first-order chi connectivity index (χ1) is 27.5. The van der Waals surface area contributed by atoms with Crippen molar-refractivity contribution in [3.8, 4) is 0 Å². The molecule has 9 heteroatoms. The summed E-state index contributed by atoms with van der Waals surface area (Å²) in [5, 5.41) is 3.37. The summed E-state index contributed by atoms with van der Waals surface area (Å²) < 4.78 is 0. The zero-order chi connectivity index (χ0) is 40.2. The van der Waals surface area contributed by atoms with E-state index in [0.717, 1.165) is 69.3 Å². The van der Waals surface area contributed by atoms with E-state index in [1.165, 1.54) is 0 Å². The van der Waals surface area contributed by atoms with Crippen molar-refractivity contribution in [1.82, 2.24) is 0 Å². The Morgan fingerprint density at radius 2 is 0.596 bits per heavy atom. The zero-order valence-corrected chi connectivity index (χ0v) is 35.1. The summed E-state index contributed by atoms with van der Waals surface area (Å²) in [6.07, 6.45) is 4.24. The molecule has 57 heavy (non-hydrogen) atoms. The fourth-order valence-corrected chi connectivity index (χ4v) is 9.01. The Hall–Kier alpha value is -3.93. The van der Waals surface area contributed by atoms with Crippen molar-refractivity contribution in [2.75, 3.05) is 0 Å². The van der Waals surface area contributed by atoms with Gasteiger partial charge in [-0.25, -0.2) is 0 Å². The molecule has 9 rings (SSSR count). The number of fused-ring (bicyclic) bond motifs is 3. The molecule has 0 N–H and O–H groups in total. The van der Waals surface area contributed by atoms with E-state index < -0.39 is 0 Å². The maximum atomic E-state index is 11.9. The summed E-state index contributed by atoms with van der Waals surface area (Å²) in [4.78, 5) is 35.8. The summed E-state index contributed by atoms with van der Waals surface area (Å²) in [7, 11) is 0. The normalized spacial score (nSPS) is 18.2. The third kappa shape index (κ3) is 9.21. The lowest BCUT2D eigenvalue weighted by Crippen LogP contribution is -2.16. The lowest BCUT2D eigenvalue weighted by atomic mass is 9.78. The second-order valence-corrected chi connectivity index (χ2v) is 16.8. The molecule has 1 unspecified atom stereocenters. The van der Waals surface area contributed by atoms with Gasteiger partial charge in [-0.05, 0) is 89.0 Å². The minimum Gasteiger partial charge on any atom is -0.294 e. The SMILES string of the molecule is O=C1CCC(c2ccc(Cl)c(Cl)c2)c2ccccc21.O=C1CC[C@H](c2ccc(Cl)c(Cl)c2)c2ccccc21.O=C1CC[C@H](c2ccc(Cl)c(Cl)c2)c2ccccc21. The number of Topliss-reactive ketones (excluding diaryl/α,β-unsaturated/α-hetero) is 3. The molecule has 6 aromatic rings. The minimum atomic E-state index is 0.226. The smallest absolute Gasteiger partial charge is 0.163 e. The number of carbonyl (C=O) groups is 3. The topological polar surface area (TPSA) is 51.2 Å². The van der Waals surface area contributed by atoms with Gasteiger partial charge >= 0.3 is 0 Å². The number of benzene rings is 6. The number of hydrogen-bond acceptors (Lipinski definition) is 3. The van der Waals surface area contributed by atoms with Crippen molar-refractivity contribution in [2.45, 2.75) is 56.3 Å². The molecule has 3 aliphatic rings. The average molecular weight is 874 g/mol. The fourth-order valence-electron chi connectivity index (χ4n) is 8.09. The van der Waals surface area contributed by atoms with E-state index in [4.69, 9.17) is 69.6 Å². The monoisotopic (exact) mass is 870 g/mol. The van der Waals surface area contributed by atoms with Gasteiger partial charge in [-0.2, -0.15) is 0 Å². The Kier molecular flexibility index (Phi) is 13.3. The summed E-state index contributed by atoms with van der Waals surface area (Å²) in [5.41, 5.74) is 9.16. The Bertz CT molecular complexity index is 2220. The molecule has 0 aromatic heterocycles. The van der Waals surface area contributed by atoms with Gasteiger partial charge in [0, 0.05) is 53.7 Å². The first-order valence-electron chi connectivity index (χ1n) is 18.7. The standard InChI is InChI=1S/3C16H12Cl2O/c3*17-14-7-5-10(9-15(14)18)11-6-8-16(19)13-4-2-1-3-12(11)13/h3*1-5,7,9,11H,6,8H2/t2*11-;/m11./s1. The maximum absolute atomic E-state index is 11.9. The molecule has 0 saturated carbocycles. The van der Waals surface area contributed by atoms with Crippen molar-refractivity contribution in [3.63, 3.8) is 0 Å². The van der Waals surface area contributed by atoms with Crippen molar-refractivity contribution < 1.29 is 14.4 Å². The molecular weight excluding hydrogens is 837 g/mol. The molecule has 3 atom stereocenters. The molecule has 0 saturated heterocycles. The van der Waals surface area contributed by atoms with Gasteiger partial charge < -0.3 is 0 Å². The number of hydrogen-bond donors (Lipinski definition) is 0. The first-order valence-corrected chi connectivity index (χ1v) is 21.0. The summed E-state index contributed by atoms with van der Waals surface area (Å²) >= 11 is 36.1. The second kappa shape index (κ2) is 18.3. The highest BCUT2D eigenvalue weighted by atomic mass is 35.5. The van der Waals surface area contributed by atoms with Crippen LogP contribution in [-0.2, 0) is 0 Å². The predicted molar refractivity (Wildman–Crippen MR) is 235 cm³/mol. The van der Waals surface area contributed by atoms with Gasteiger partial charge in [0.05, 0.1) is 30.1 Å². The van der Waals surface area contributed by atoms with Crippen molar-refractivity contribution >= 4 is 87.0 Å². The van der Waals surface area contributed by atoms with E-state index in [1.807, 2.05) is 127 Å².